The van der Waals surface area contributed by atoms with Gasteiger partial charge in [-0.15, -0.1) is 0 Å². The van der Waals surface area contributed by atoms with Crippen molar-refractivity contribution in [3.05, 3.63) is 0 Å². The van der Waals surface area contributed by atoms with E-state index in [2.05, 4.69) is 39.9 Å². The molecule has 0 rings (SSSR count). The van der Waals surface area contributed by atoms with E-state index in [9.17, 15) is 0 Å². The molecule has 0 aliphatic heterocycles. The van der Waals surface area contributed by atoms with Crippen LogP contribution in [0.3, 0.4) is 0 Å². The molecule has 0 heterocycles. The summed E-state index contributed by atoms with van der Waals surface area (Å²) in [5, 5.41) is 9.07. The Morgan fingerprint density at radius 2 is 1.69 bits per heavy atom. The van der Waals surface area contributed by atoms with Crippen molar-refractivity contribution < 1.29 is 5.11 Å². The third-order valence-corrected chi connectivity index (χ3v) is 7.34. The largest absolute Gasteiger partial charge is 0.502 e. The molecule has 0 fully saturated rings. The highest BCUT2D eigenvalue weighted by Crippen LogP contribution is 2.25. The first kappa shape index (κ1) is 13.1. The Balaban J connectivity index is 3.77. The predicted octanol–water partition coefficient (Wildman–Crippen LogP) is 3.70. The Morgan fingerprint density at radius 1 is 1.23 bits per heavy atom. The van der Waals surface area contributed by atoms with Gasteiger partial charge in [0.1, 0.15) is 0 Å². The van der Waals surface area contributed by atoms with Crippen LogP contribution in [0.5, 0.6) is 0 Å². The normalized spacial score (nSPS) is 11.6. The van der Waals surface area contributed by atoms with Crippen molar-refractivity contribution in [3.8, 4) is 0 Å². The van der Waals surface area contributed by atoms with Crippen LogP contribution in [0.15, 0.2) is 0 Å². The number of aliphatic hydroxyl groups is 1. The maximum atomic E-state index is 8.89. The van der Waals surface area contributed by atoms with Crippen LogP contribution in [0.25, 0.3) is 0 Å². The lowest BCUT2D eigenvalue weighted by Crippen LogP contribution is -2.20. The summed E-state index contributed by atoms with van der Waals surface area (Å²) >= 11 is 4.65. The quantitative estimate of drug-likeness (QED) is 0.542. The lowest BCUT2D eigenvalue weighted by Gasteiger charge is -2.22. The molecule has 0 aromatic heterocycles. The summed E-state index contributed by atoms with van der Waals surface area (Å²) in [5.74, 6) is 0. The van der Waals surface area contributed by atoms with Gasteiger partial charge < -0.3 is 5.11 Å². The van der Waals surface area contributed by atoms with Crippen LogP contribution in [-0.2, 0) is 0 Å². The summed E-state index contributed by atoms with van der Waals surface area (Å²) in [6.45, 7) is 9.31. The molecule has 13 heavy (non-hydrogen) atoms. The molecule has 0 atom stereocenters. The third kappa shape index (κ3) is 6.21. The molecule has 1 nitrogen and oxygen atoms in total. The number of aliphatic hydroxyl groups excluding tert-OH is 1. The van der Waals surface area contributed by atoms with Gasteiger partial charge in [0.25, 0.3) is 0 Å². The molecular weight excluding hydrogens is 196 g/mol. The summed E-state index contributed by atoms with van der Waals surface area (Å²) in [6.07, 6.45) is 1.81. The second-order valence-corrected chi connectivity index (χ2v) is 9.48. The van der Waals surface area contributed by atoms with E-state index in [0.717, 1.165) is 23.9 Å². The second-order valence-electron chi connectivity index (χ2n) is 4.44. The fourth-order valence-corrected chi connectivity index (χ4v) is 5.62. The first-order chi connectivity index (χ1) is 5.95. The Morgan fingerprint density at radius 3 is 2.00 bits per heavy atom. The van der Waals surface area contributed by atoms with Crippen molar-refractivity contribution in [1.29, 1.82) is 0 Å². The van der Waals surface area contributed by atoms with Gasteiger partial charge in [-0.2, -0.15) is 0 Å². The van der Waals surface area contributed by atoms with Gasteiger partial charge in [0.05, 0.1) is 0 Å². The monoisotopic (exact) mass is 218 g/mol. The predicted molar refractivity (Wildman–Crippen MR) is 66.6 cm³/mol. The second kappa shape index (κ2) is 6.54. The van der Waals surface area contributed by atoms with Crippen molar-refractivity contribution in [3.63, 3.8) is 0 Å². The van der Waals surface area contributed by atoms with E-state index >= 15 is 0 Å². The first-order valence-electron chi connectivity index (χ1n) is 5.17. The zero-order chi connectivity index (χ0) is 10.4. The Hall–Kier alpha value is 0.107. The molecule has 0 spiro atoms. The van der Waals surface area contributed by atoms with Crippen LogP contribution in [0.1, 0.15) is 40.5 Å². The molecule has 0 unspecified atom stereocenters. The topological polar surface area (TPSA) is 20.2 Å². The maximum absolute atomic E-state index is 8.89. The van der Waals surface area contributed by atoms with Crippen LogP contribution in [-0.4, -0.2) is 19.0 Å². The smallest absolute Gasteiger partial charge is 0.156 e. The summed E-state index contributed by atoms with van der Waals surface area (Å²) in [7, 11) is -0.610. The minimum absolute atomic E-state index is 0.181. The molecule has 0 aliphatic rings. The molecule has 0 aliphatic carbocycles. The van der Waals surface area contributed by atoms with Crippen molar-refractivity contribution in [2.24, 2.45) is 0 Å². The number of hydrogen-bond acceptors (Lipinski definition) is 1. The van der Waals surface area contributed by atoms with Crippen molar-refractivity contribution in [2.45, 2.75) is 57.7 Å². The SMILES string of the molecule is CC(C)[SiH](CCCC(O)=S)C(C)C. The van der Waals surface area contributed by atoms with Crippen molar-refractivity contribution >= 4 is 26.1 Å². The average Bonchev–Trinajstić information content (AvgIpc) is 1.95. The molecule has 0 aromatic carbocycles. The first-order valence-corrected chi connectivity index (χ1v) is 7.72. The molecule has 0 radical (unpaired) electrons. The number of rotatable bonds is 6. The Labute approximate surface area is 89.2 Å². The molecule has 0 amide bonds. The van der Waals surface area contributed by atoms with E-state index in [1.54, 1.807) is 0 Å². The van der Waals surface area contributed by atoms with E-state index in [4.69, 9.17) is 5.11 Å². The summed E-state index contributed by atoms with van der Waals surface area (Å²) in [5.41, 5.74) is 1.74. The Bertz CT molecular complexity index is 149. The van der Waals surface area contributed by atoms with E-state index < -0.39 is 8.80 Å². The molecule has 0 saturated heterocycles. The van der Waals surface area contributed by atoms with Gasteiger partial charge in [-0.3, -0.25) is 0 Å². The fraction of sp³-hybridized carbons (Fsp3) is 0.900. The van der Waals surface area contributed by atoms with Gasteiger partial charge in [0.2, 0.25) is 0 Å². The van der Waals surface area contributed by atoms with Gasteiger partial charge in [-0.1, -0.05) is 44.8 Å². The van der Waals surface area contributed by atoms with Crippen LogP contribution >= 0.6 is 12.2 Å². The van der Waals surface area contributed by atoms with E-state index in [1.807, 2.05) is 0 Å². The highest BCUT2D eigenvalue weighted by molar-refractivity contribution is 7.80. The lowest BCUT2D eigenvalue weighted by molar-refractivity contribution is 0.546. The molecule has 0 aromatic rings. The Kier molecular flexibility index (Phi) is 6.60. The van der Waals surface area contributed by atoms with Crippen molar-refractivity contribution in [2.75, 3.05) is 0 Å². The van der Waals surface area contributed by atoms with Gasteiger partial charge in [-0.05, 0) is 18.6 Å². The number of hydrogen-bond donors (Lipinski definition) is 1. The van der Waals surface area contributed by atoms with Crippen molar-refractivity contribution in [1.82, 2.24) is 0 Å². The van der Waals surface area contributed by atoms with Crippen LogP contribution in [0.2, 0.25) is 17.1 Å². The van der Waals surface area contributed by atoms with Gasteiger partial charge in [-0.25, -0.2) is 0 Å². The van der Waals surface area contributed by atoms with Gasteiger partial charge in [0.15, 0.2) is 5.05 Å². The standard InChI is InChI=1S/C10H22OSSi/c1-8(2)13(9(3)4)7-5-6-10(11)12/h8-9,13H,5-7H2,1-4H3,(H,11,12). The molecule has 0 saturated carbocycles. The summed E-state index contributed by atoms with van der Waals surface area (Å²) in [6, 6.07) is 1.32. The van der Waals surface area contributed by atoms with E-state index in [0.29, 0.717) is 0 Å². The van der Waals surface area contributed by atoms with E-state index in [1.165, 1.54) is 6.04 Å². The highest BCUT2D eigenvalue weighted by atomic mass is 32.1. The van der Waals surface area contributed by atoms with Gasteiger partial charge >= 0.3 is 0 Å². The molecular formula is C10H22OSSi. The third-order valence-electron chi connectivity index (χ3n) is 2.64. The minimum atomic E-state index is -0.610. The lowest BCUT2D eigenvalue weighted by atomic mass is 10.4. The van der Waals surface area contributed by atoms with Gasteiger partial charge in [0, 0.05) is 15.2 Å². The molecule has 0 bridgehead atoms. The molecule has 1 N–H and O–H groups in total. The number of thiocarbonyl (C=S) groups is 1. The zero-order valence-corrected chi connectivity index (χ0v) is 11.2. The summed E-state index contributed by atoms with van der Waals surface area (Å²) < 4.78 is 0. The maximum Gasteiger partial charge on any atom is 0.156 e. The minimum Gasteiger partial charge on any atom is -0.502 e. The summed E-state index contributed by atoms with van der Waals surface area (Å²) in [4.78, 5) is 0. The van der Waals surface area contributed by atoms with E-state index in [-0.39, 0.29) is 5.05 Å². The van der Waals surface area contributed by atoms with Crippen LogP contribution < -0.4 is 0 Å². The average molecular weight is 218 g/mol. The van der Waals surface area contributed by atoms with Crippen LogP contribution in [0, 0.1) is 0 Å². The zero-order valence-electron chi connectivity index (χ0n) is 9.21. The highest BCUT2D eigenvalue weighted by Gasteiger charge is 2.18. The van der Waals surface area contributed by atoms with Crippen LogP contribution in [0.4, 0.5) is 0 Å². The molecule has 3 heteroatoms. The molecule has 78 valence electrons. The fourth-order valence-electron chi connectivity index (χ4n) is 1.93.